The van der Waals surface area contributed by atoms with E-state index in [1.54, 1.807) is 37.3 Å². The second-order valence-corrected chi connectivity index (χ2v) is 4.46. The molecule has 2 rings (SSSR count). The number of halogens is 1. The van der Waals surface area contributed by atoms with E-state index < -0.39 is 17.8 Å². The summed E-state index contributed by atoms with van der Waals surface area (Å²) in [7, 11) is 0. The van der Waals surface area contributed by atoms with E-state index in [9.17, 15) is 9.18 Å². The van der Waals surface area contributed by atoms with E-state index in [-0.39, 0.29) is 5.75 Å². The maximum Gasteiger partial charge on any atom is 0.245 e. The monoisotopic (exact) mass is 288 g/mol. The van der Waals surface area contributed by atoms with Crippen molar-refractivity contribution in [2.24, 2.45) is 5.73 Å². The molecular weight excluding hydrogens is 271 g/mol. The van der Waals surface area contributed by atoms with Gasteiger partial charge in [-0.05, 0) is 24.6 Å². The number of rotatable bonds is 5. The van der Waals surface area contributed by atoms with E-state index in [4.69, 9.17) is 10.5 Å². The number of hydrogen-bond donors (Lipinski definition) is 2. The third-order valence-corrected chi connectivity index (χ3v) is 2.94. The molecule has 110 valence electrons. The largest absolute Gasteiger partial charge is 0.491 e. The smallest absolute Gasteiger partial charge is 0.245 e. The van der Waals surface area contributed by atoms with E-state index >= 15 is 0 Å². The molecular formula is C16H17FN2O2. The average Bonchev–Trinajstić information content (AvgIpc) is 2.50. The van der Waals surface area contributed by atoms with Gasteiger partial charge in [-0.1, -0.05) is 30.3 Å². The topological polar surface area (TPSA) is 64.3 Å². The van der Waals surface area contributed by atoms with E-state index in [2.05, 4.69) is 5.32 Å². The molecule has 21 heavy (non-hydrogen) atoms. The lowest BCUT2D eigenvalue weighted by Gasteiger charge is -2.13. The van der Waals surface area contributed by atoms with E-state index in [0.717, 1.165) is 0 Å². The summed E-state index contributed by atoms with van der Waals surface area (Å²) in [5, 5.41) is 2.59. The third-order valence-electron chi connectivity index (χ3n) is 2.94. The van der Waals surface area contributed by atoms with Crippen molar-refractivity contribution < 1.29 is 13.9 Å². The second kappa shape index (κ2) is 6.85. The van der Waals surface area contributed by atoms with Gasteiger partial charge in [-0.25, -0.2) is 4.39 Å². The van der Waals surface area contributed by atoms with Crippen LogP contribution < -0.4 is 15.8 Å². The van der Waals surface area contributed by atoms with E-state index in [1.165, 1.54) is 12.1 Å². The summed E-state index contributed by atoms with van der Waals surface area (Å²) in [5.41, 5.74) is 6.91. The number of benzene rings is 2. The highest BCUT2D eigenvalue weighted by Gasteiger charge is 2.16. The number of nitrogens with two attached hydrogens (primary N) is 1. The highest BCUT2D eigenvalue weighted by Crippen LogP contribution is 2.22. The number of carbonyl (C=O) groups is 1. The van der Waals surface area contributed by atoms with Crippen LogP contribution >= 0.6 is 0 Å². The van der Waals surface area contributed by atoms with Crippen molar-refractivity contribution in [1.82, 2.24) is 0 Å². The predicted molar refractivity (Wildman–Crippen MR) is 79.6 cm³/mol. The second-order valence-electron chi connectivity index (χ2n) is 4.46. The molecule has 0 aromatic heterocycles. The molecule has 2 aromatic carbocycles. The summed E-state index contributed by atoms with van der Waals surface area (Å²) in [6, 6.07) is 12.4. The average molecular weight is 288 g/mol. The van der Waals surface area contributed by atoms with Crippen molar-refractivity contribution in [2.75, 3.05) is 11.9 Å². The highest BCUT2D eigenvalue weighted by molar-refractivity contribution is 5.95. The van der Waals surface area contributed by atoms with Gasteiger partial charge < -0.3 is 15.8 Å². The number of anilines is 1. The molecule has 0 bridgehead atoms. The normalized spacial score (nSPS) is 11.8. The fourth-order valence-electron chi connectivity index (χ4n) is 1.88. The molecule has 3 N–H and O–H groups in total. The maximum atomic E-state index is 13.7. The summed E-state index contributed by atoms with van der Waals surface area (Å²) in [6.45, 7) is 2.15. The van der Waals surface area contributed by atoms with Crippen LogP contribution in [0.25, 0.3) is 0 Å². The van der Waals surface area contributed by atoms with Crippen LogP contribution in [0.2, 0.25) is 0 Å². The van der Waals surface area contributed by atoms with Gasteiger partial charge in [-0.3, -0.25) is 4.79 Å². The Morgan fingerprint density at radius 2 is 2.00 bits per heavy atom. The van der Waals surface area contributed by atoms with Gasteiger partial charge >= 0.3 is 0 Å². The minimum Gasteiger partial charge on any atom is -0.491 e. The van der Waals surface area contributed by atoms with E-state index in [1.807, 2.05) is 6.07 Å². The van der Waals surface area contributed by atoms with E-state index in [0.29, 0.717) is 17.9 Å². The van der Waals surface area contributed by atoms with Crippen molar-refractivity contribution in [2.45, 2.75) is 13.0 Å². The van der Waals surface area contributed by atoms with Crippen LogP contribution in [0.15, 0.2) is 48.5 Å². The van der Waals surface area contributed by atoms with Gasteiger partial charge in [0.15, 0.2) is 11.6 Å². The van der Waals surface area contributed by atoms with Gasteiger partial charge in [0, 0.05) is 11.8 Å². The molecule has 0 saturated carbocycles. The molecule has 4 nitrogen and oxygen atoms in total. The summed E-state index contributed by atoms with van der Waals surface area (Å²) >= 11 is 0. The Bertz CT molecular complexity index is 617. The first-order valence-corrected chi connectivity index (χ1v) is 6.65. The van der Waals surface area contributed by atoms with Crippen LogP contribution in [0.3, 0.4) is 0 Å². The molecule has 2 aromatic rings. The number of ether oxygens (including phenoxy) is 1. The third kappa shape index (κ3) is 3.79. The maximum absolute atomic E-state index is 13.7. The Morgan fingerprint density at radius 1 is 1.29 bits per heavy atom. The zero-order chi connectivity index (χ0) is 15.2. The highest BCUT2D eigenvalue weighted by atomic mass is 19.1. The first-order chi connectivity index (χ1) is 10.1. The first kappa shape index (κ1) is 15.0. The fourth-order valence-corrected chi connectivity index (χ4v) is 1.88. The Balaban J connectivity index is 2.07. The van der Waals surface area contributed by atoms with Crippen LogP contribution in [0, 0.1) is 5.82 Å². The molecule has 1 atom stereocenters. The quantitative estimate of drug-likeness (QED) is 0.889. The Morgan fingerprint density at radius 3 is 2.62 bits per heavy atom. The molecule has 0 aliphatic rings. The van der Waals surface area contributed by atoms with Crippen LogP contribution in [-0.2, 0) is 4.79 Å². The fraction of sp³-hybridized carbons (Fsp3) is 0.188. The minimum absolute atomic E-state index is 0.155. The summed E-state index contributed by atoms with van der Waals surface area (Å²) in [5.74, 6) is -0.768. The lowest BCUT2D eigenvalue weighted by molar-refractivity contribution is -0.117. The molecule has 0 saturated heterocycles. The van der Waals surface area contributed by atoms with Crippen LogP contribution in [0.1, 0.15) is 18.5 Å². The zero-order valence-corrected chi connectivity index (χ0v) is 11.7. The number of carbonyl (C=O) groups excluding carboxylic acids is 1. The zero-order valence-electron chi connectivity index (χ0n) is 11.7. The molecule has 0 heterocycles. The summed E-state index contributed by atoms with van der Waals surface area (Å²) in [6.07, 6.45) is 0. The van der Waals surface area contributed by atoms with Gasteiger partial charge in [0.2, 0.25) is 5.91 Å². The van der Waals surface area contributed by atoms with Crippen LogP contribution in [-0.4, -0.2) is 12.5 Å². The van der Waals surface area contributed by atoms with Gasteiger partial charge in [0.1, 0.15) is 6.04 Å². The minimum atomic E-state index is -0.805. The van der Waals surface area contributed by atoms with Crippen molar-refractivity contribution in [3.8, 4) is 5.75 Å². The summed E-state index contributed by atoms with van der Waals surface area (Å²) < 4.78 is 18.8. The Hall–Kier alpha value is -2.40. The molecule has 0 unspecified atom stereocenters. The molecule has 0 spiro atoms. The number of amides is 1. The molecule has 5 heteroatoms. The number of nitrogens with one attached hydrogen (secondary N) is 1. The SMILES string of the molecule is CCOc1ccc(NC(=O)[C@H](N)c2ccccc2)cc1F. The lowest BCUT2D eigenvalue weighted by atomic mass is 10.1. The van der Waals surface area contributed by atoms with Gasteiger partial charge in [0.25, 0.3) is 0 Å². The van der Waals surface area contributed by atoms with Gasteiger partial charge in [-0.2, -0.15) is 0 Å². The van der Waals surface area contributed by atoms with Crippen LogP contribution in [0.5, 0.6) is 5.75 Å². The molecule has 1 amide bonds. The first-order valence-electron chi connectivity index (χ1n) is 6.65. The standard InChI is InChI=1S/C16H17FN2O2/c1-2-21-14-9-8-12(10-13(14)17)19-16(20)15(18)11-6-4-3-5-7-11/h3-10,15H,2,18H2,1H3,(H,19,20)/t15-/m1/s1. The molecule has 0 fully saturated rings. The van der Waals surface area contributed by atoms with Crippen LogP contribution in [0.4, 0.5) is 10.1 Å². The predicted octanol–water partition coefficient (Wildman–Crippen LogP) is 2.86. The Kier molecular flexibility index (Phi) is 4.90. The molecule has 0 aliphatic carbocycles. The summed E-state index contributed by atoms with van der Waals surface area (Å²) in [4.78, 5) is 12.0. The van der Waals surface area contributed by atoms with Crippen molar-refractivity contribution in [1.29, 1.82) is 0 Å². The molecule has 0 radical (unpaired) electrons. The van der Waals surface area contributed by atoms with Gasteiger partial charge in [0.05, 0.1) is 6.61 Å². The number of hydrogen-bond acceptors (Lipinski definition) is 3. The van der Waals surface area contributed by atoms with Crippen molar-refractivity contribution in [3.05, 3.63) is 59.9 Å². The molecule has 0 aliphatic heterocycles. The lowest BCUT2D eigenvalue weighted by Crippen LogP contribution is -2.27. The van der Waals surface area contributed by atoms with Crippen molar-refractivity contribution >= 4 is 11.6 Å². The Labute approximate surface area is 122 Å². The van der Waals surface area contributed by atoms with Crippen molar-refractivity contribution in [3.63, 3.8) is 0 Å². The van der Waals surface area contributed by atoms with Gasteiger partial charge in [-0.15, -0.1) is 0 Å².